The SMILES string of the molecule is COc1ccccc1N1CCN(C(=O)c2cc(S(=O)(=O)Cc3ccc(C)c4cccnc34)ccc2C)CC1. The van der Waals surface area contributed by atoms with Crippen LogP contribution in [0.2, 0.25) is 0 Å². The summed E-state index contributed by atoms with van der Waals surface area (Å²) < 4.78 is 32.5. The molecule has 1 fully saturated rings. The second kappa shape index (κ2) is 10.5. The number of hydrogen-bond donors (Lipinski definition) is 0. The van der Waals surface area contributed by atoms with Crippen LogP contribution in [-0.4, -0.2) is 57.5 Å². The predicted molar refractivity (Wildman–Crippen MR) is 150 cm³/mol. The van der Waals surface area contributed by atoms with Crippen LogP contribution in [0.3, 0.4) is 0 Å². The number of anilines is 1. The summed E-state index contributed by atoms with van der Waals surface area (Å²) in [5, 5.41) is 0.937. The number of hydrogen-bond acceptors (Lipinski definition) is 6. The molecule has 0 bridgehead atoms. The van der Waals surface area contributed by atoms with Crippen molar-refractivity contribution in [3.8, 4) is 5.75 Å². The summed E-state index contributed by atoms with van der Waals surface area (Å²) in [5.41, 5.74) is 4.56. The largest absolute Gasteiger partial charge is 0.495 e. The molecular weight excluding hydrogens is 498 g/mol. The summed E-state index contributed by atoms with van der Waals surface area (Å²) >= 11 is 0. The van der Waals surface area contributed by atoms with E-state index >= 15 is 0 Å². The molecule has 1 aliphatic heterocycles. The van der Waals surface area contributed by atoms with Crippen molar-refractivity contribution in [3.05, 3.63) is 95.2 Å². The van der Waals surface area contributed by atoms with Crippen LogP contribution in [0.15, 0.2) is 77.8 Å². The van der Waals surface area contributed by atoms with E-state index in [4.69, 9.17) is 4.74 Å². The maximum atomic E-state index is 13.5. The number of amides is 1. The molecular formula is C30H31N3O4S. The molecule has 5 rings (SSSR count). The maximum absolute atomic E-state index is 13.5. The summed E-state index contributed by atoms with van der Waals surface area (Å²) in [5.74, 6) is 0.467. The molecule has 38 heavy (non-hydrogen) atoms. The second-order valence-corrected chi connectivity index (χ2v) is 11.6. The van der Waals surface area contributed by atoms with Crippen molar-refractivity contribution < 1.29 is 17.9 Å². The molecule has 0 unspecified atom stereocenters. The minimum atomic E-state index is -3.71. The van der Waals surface area contributed by atoms with Gasteiger partial charge in [-0.05, 0) is 60.9 Å². The summed E-state index contributed by atoms with van der Waals surface area (Å²) in [4.78, 5) is 22.1. The Bertz CT molecular complexity index is 1610. The monoisotopic (exact) mass is 529 g/mol. The Balaban J connectivity index is 1.36. The average molecular weight is 530 g/mol. The molecule has 7 nitrogen and oxygen atoms in total. The van der Waals surface area contributed by atoms with E-state index in [1.54, 1.807) is 30.3 Å². The molecule has 196 valence electrons. The number of carbonyl (C=O) groups is 1. The van der Waals surface area contributed by atoms with Crippen molar-refractivity contribution in [2.75, 3.05) is 38.2 Å². The molecule has 0 spiro atoms. The fraction of sp³-hybridized carbons (Fsp3) is 0.267. The summed E-state index contributed by atoms with van der Waals surface area (Å²) in [6.45, 7) is 6.22. The number of piperazine rings is 1. The van der Waals surface area contributed by atoms with Crippen molar-refractivity contribution >= 4 is 32.3 Å². The fourth-order valence-electron chi connectivity index (χ4n) is 5.02. The van der Waals surface area contributed by atoms with Gasteiger partial charge >= 0.3 is 0 Å². The van der Waals surface area contributed by atoms with Crippen LogP contribution >= 0.6 is 0 Å². The molecule has 4 aromatic rings. The molecule has 0 saturated carbocycles. The van der Waals surface area contributed by atoms with E-state index in [9.17, 15) is 13.2 Å². The third-order valence-corrected chi connectivity index (χ3v) is 8.87. The normalized spacial score (nSPS) is 14.1. The number of sulfone groups is 1. The van der Waals surface area contributed by atoms with Crippen LogP contribution < -0.4 is 9.64 Å². The van der Waals surface area contributed by atoms with E-state index in [1.165, 1.54) is 6.07 Å². The lowest BCUT2D eigenvalue weighted by molar-refractivity contribution is 0.0745. The number of para-hydroxylation sites is 2. The van der Waals surface area contributed by atoms with Crippen LogP contribution in [0, 0.1) is 13.8 Å². The molecule has 8 heteroatoms. The molecule has 0 aliphatic carbocycles. The summed E-state index contributed by atoms with van der Waals surface area (Å²) in [7, 11) is -2.05. The minimum Gasteiger partial charge on any atom is -0.495 e. The Hall–Kier alpha value is -3.91. The molecule has 3 aromatic carbocycles. The highest BCUT2D eigenvalue weighted by atomic mass is 32.2. The molecule has 0 radical (unpaired) electrons. The van der Waals surface area contributed by atoms with Crippen molar-refractivity contribution in [1.29, 1.82) is 0 Å². The van der Waals surface area contributed by atoms with Gasteiger partial charge < -0.3 is 14.5 Å². The van der Waals surface area contributed by atoms with E-state index in [0.29, 0.717) is 42.8 Å². The van der Waals surface area contributed by atoms with Gasteiger partial charge in [0.25, 0.3) is 5.91 Å². The highest BCUT2D eigenvalue weighted by molar-refractivity contribution is 7.90. The Morgan fingerprint density at radius 2 is 1.66 bits per heavy atom. The number of ether oxygens (including phenoxy) is 1. The Kier molecular flexibility index (Phi) is 7.08. The highest BCUT2D eigenvalue weighted by Gasteiger charge is 2.26. The zero-order valence-electron chi connectivity index (χ0n) is 21.8. The number of pyridine rings is 1. The smallest absolute Gasteiger partial charge is 0.254 e. The Morgan fingerprint density at radius 3 is 2.42 bits per heavy atom. The number of carbonyl (C=O) groups excluding carboxylic acids is 1. The van der Waals surface area contributed by atoms with E-state index in [2.05, 4.69) is 9.88 Å². The number of aryl methyl sites for hydroxylation is 2. The van der Waals surface area contributed by atoms with Gasteiger partial charge in [0, 0.05) is 43.3 Å². The molecule has 2 heterocycles. The maximum Gasteiger partial charge on any atom is 0.254 e. The molecule has 0 N–H and O–H groups in total. The van der Waals surface area contributed by atoms with Gasteiger partial charge in [0.15, 0.2) is 9.84 Å². The van der Waals surface area contributed by atoms with Crippen LogP contribution in [0.5, 0.6) is 5.75 Å². The highest BCUT2D eigenvalue weighted by Crippen LogP contribution is 2.29. The third kappa shape index (κ3) is 4.96. The van der Waals surface area contributed by atoms with Crippen molar-refractivity contribution in [1.82, 2.24) is 9.88 Å². The quantitative estimate of drug-likeness (QED) is 0.357. The molecule has 1 aliphatic rings. The minimum absolute atomic E-state index is 0.142. The first kappa shape index (κ1) is 25.7. The number of fused-ring (bicyclic) bond motifs is 1. The standard InChI is InChI=1S/C30H31N3O4S/c1-21-10-12-23(29-25(21)7-6-14-31-29)20-38(35,36)24-13-11-22(2)26(19-24)30(34)33-17-15-32(16-18-33)27-8-4-5-9-28(27)37-3/h4-14,19H,15-18,20H2,1-3H3. The zero-order chi connectivity index (χ0) is 26.9. The van der Waals surface area contributed by atoms with Gasteiger partial charge in [-0.15, -0.1) is 0 Å². The fourth-order valence-corrected chi connectivity index (χ4v) is 6.40. The molecule has 1 saturated heterocycles. The van der Waals surface area contributed by atoms with E-state index in [0.717, 1.165) is 28.0 Å². The topological polar surface area (TPSA) is 79.8 Å². The van der Waals surface area contributed by atoms with Crippen LogP contribution in [0.25, 0.3) is 10.9 Å². The molecule has 1 amide bonds. The summed E-state index contributed by atoms with van der Waals surface area (Å²) in [6.07, 6.45) is 1.67. The van der Waals surface area contributed by atoms with E-state index < -0.39 is 9.84 Å². The van der Waals surface area contributed by atoms with Crippen molar-refractivity contribution in [2.24, 2.45) is 0 Å². The number of benzene rings is 3. The van der Waals surface area contributed by atoms with Crippen molar-refractivity contribution in [3.63, 3.8) is 0 Å². The van der Waals surface area contributed by atoms with Crippen LogP contribution in [0.1, 0.15) is 27.0 Å². The lowest BCUT2D eigenvalue weighted by Crippen LogP contribution is -2.49. The van der Waals surface area contributed by atoms with Gasteiger partial charge in [-0.1, -0.05) is 36.4 Å². The average Bonchev–Trinajstić information content (AvgIpc) is 2.94. The van der Waals surface area contributed by atoms with Crippen LogP contribution in [-0.2, 0) is 15.6 Å². The van der Waals surface area contributed by atoms with Gasteiger partial charge in [0.1, 0.15) is 5.75 Å². The van der Waals surface area contributed by atoms with Gasteiger partial charge in [0.05, 0.1) is 29.0 Å². The van der Waals surface area contributed by atoms with Crippen molar-refractivity contribution in [2.45, 2.75) is 24.5 Å². The first-order valence-electron chi connectivity index (χ1n) is 12.6. The van der Waals surface area contributed by atoms with Gasteiger partial charge in [-0.3, -0.25) is 9.78 Å². The lowest BCUT2D eigenvalue weighted by atomic mass is 10.1. The van der Waals surface area contributed by atoms with E-state index in [1.807, 2.05) is 62.4 Å². The third-order valence-electron chi connectivity index (χ3n) is 7.21. The van der Waals surface area contributed by atoms with E-state index in [-0.39, 0.29) is 16.6 Å². The van der Waals surface area contributed by atoms with Crippen LogP contribution in [0.4, 0.5) is 5.69 Å². The van der Waals surface area contributed by atoms with Gasteiger partial charge in [-0.2, -0.15) is 0 Å². The van der Waals surface area contributed by atoms with Gasteiger partial charge in [-0.25, -0.2) is 8.42 Å². The molecule has 0 atom stereocenters. The first-order chi connectivity index (χ1) is 18.3. The van der Waals surface area contributed by atoms with Gasteiger partial charge in [0.2, 0.25) is 0 Å². The summed E-state index contributed by atoms with van der Waals surface area (Å²) in [6, 6.07) is 20.2. The number of aromatic nitrogens is 1. The molecule has 1 aromatic heterocycles. The number of nitrogens with zero attached hydrogens (tertiary/aromatic N) is 3. The zero-order valence-corrected chi connectivity index (χ0v) is 22.7. The number of rotatable bonds is 6. The predicted octanol–water partition coefficient (Wildman–Crippen LogP) is 4.80. The second-order valence-electron chi connectivity index (χ2n) is 9.63. The number of methoxy groups -OCH3 is 1. The Labute approximate surface area is 223 Å². The lowest BCUT2D eigenvalue weighted by Gasteiger charge is -2.36. The Morgan fingerprint density at radius 1 is 0.921 bits per heavy atom. The first-order valence-corrected chi connectivity index (χ1v) is 14.3.